The van der Waals surface area contributed by atoms with Crippen LogP contribution in [0.5, 0.6) is 17.2 Å². The van der Waals surface area contributed by atoms with Crippen LogP contribution < -0.4 is 14.2 Å². The molecular weight excluding hydrogens is 378 g/mol. The van der Waals surface area contributed by atoms with Gasteiger partial charge in [0.2, 0.25) is 0 Å². The molecule has 5 nitrogen and oxygen atoms in total. The maximum atomic E-state index is 11.1. The van der Waals surface area contributed by atoms with Crippen molar-refractivity contribution < 1.29 is 19.3 Å². The van der Waals surface area contributed by atoms with Crippen molar-refractivity contribution in [3.8, 4) is 17.2 Å². The minimum absolute atomic E-state index is 0.156. The van der Waals surface area contributed by atoms with E-state index in [4.69, 9.17) is 14.2 Å². The summed E-state index contributed by atoms with van der Waals surface area (Å²) in [6, 6.07) is 14.0. The van der Waals surface area contributed by atoms with Crippen LogP contribution in [0.2, 0.25) is 0 Å². The van der Waals surface area contributed by atoms with Gasteiger partial charge in [-0.1, -0.05) is 24.3 Å². The van der Waals surface area contributed by atoms with Crippen LogP contribution in [0, 0.1) is 0 Å². The van der Waals surface area contributed by atoms with Gasteiger partial charge in [-0.05, 0) is 56.9 Å². The summed E-state index contributed by atoms with van der Waals surface area (Å²) in [6.07, 6.45) is 3.36. The molecule has 0 bridgehead atoms. The molecule has 2 aliphatic rings. The third kappa shape index (κ3) is 4.57. The van der Waals surface area contributed by atoms with Gasteiger partial charge >= 0.3 is 0 Å². The van der Waals surface area contributed by atoms with Crippen LogP contribution in [0.15, 0.2) is 42.5 Å². The summed E-state index contributed by atoms with van der Waals surface area (Å²) >= 11 is 0. The van der Waals surface area contributed by atoms with Gasteiger partial charge in [0.05, 0.1) is 19.3 Å². The zero-order chi connectivity index (χ0) is 21.2. The molecule has 0 aliphatic carbocycles. The Bertz CT molecular complexity index is 854. The number of nitrogens with zero attached hydrogens (tertiary/aromatic N) is 1. The van der Waals surface area contributed by atoms with E-state index in [0.717, 1.165) is 68.1 Å². The Morgan fingerprint density at radius 2 is 1.80 bits per heavy atom. The highest BCUT2D eigenvalue weighted by Gasteiger charge is 2.34. The van der Waals surface area contributed by atoms with Gasteiger partial charge in [0, 0.05) is 31.6 Å². The van der Waals surface area contributed by atoms with Gasteiger partial charge < -0.3 is 24.2 Å². The SMILES string of the molecule is COc1ccc(C2(O)CCN(CCCOc3cccc4c3OC(C)(C)C4)CC2)cc1. The van der Waals surface area contributed by atoms with E-state index in [0.29, 0.717) is 6.61 Å². The second kappa shape index (κ2) is 8.48. The smallest absolute Gasteiger partial charge is 0.165 e. The van der Waals surface area contributed by atoms with Crippen LogP contribution in [-0.2, 0) is 12.0 Å². The quantitative estimate of drug-likeness (QED) is 0.694. The number of benzene rings is 2. The summed E-state index contributed by atoms with van der Waals surface area (Å²) in [5, 5.41) is 11.1. The Hall–Kier alpha value is -2.24. The maximum Gasteiger partial charge on any atom is 0.165 e. The Morgan fingerprint density at radius 1 is 1.07 bits per heavy atom. The minimum atomic E-state index is -0.742. The van der Waals surface area contributed by atoms with E-state index < -0.39 is 5.60 Å². The third-order valence-electron chi connectivity index (χ3n) is 6.24. The van der Waals surface area contributed by atoms with Gasteiger partial charge in [0.15, 0.2) is 11.5 Å². The standard InChI is InChI=1S/C25H33NO4/c1-24(2)18-19-6-4-7-22(23(19)30-24)29-17-5-14-26-15-12-25(27,13-16-26)20-8-10-21(28-3)11-9-20/h4,6-11,27H,5,12-18H2,1-3H3. The lowest BCUT2D eigenvalue weighted by molar-refractivity contribution is -0.0265. The molecule has 0 saturated carbocycles. The Balaban J connectivity index is 1.23. The van der Waals surface area contributed by atoms with Crippen LogP contribution in [0.1, 0.15) is 44.2 Å². The lowest BCUT2D eigenvalue weighted by Gasteiger charge is -2.38. The van der Waals surface area contributed by atoms with E-state index in [-0.39, 0.29) is 5.60 Å². The summed E-state index contributed by atoms with van der Waals surface area (Å²) < 4.78 is 17.4. The van der Waals surface area contributed by atoms with Crippen LogP contribution in [0.25, 0.3) is 0 Å². The Morgan fingerprint density at radius 3 is 2.50 bits per heavy atom. The number of aliphatic hydroxyl groups is 1. The molecule has 4 rings (SSSR count). The molecule has 0 aromatic heterocycles. The first kappa shape index (κ1) is 21.0. The number of likely N-dealkylation sites (tertiary alicyclic amines) is 1. The highest BCUT2D eigenvalue weighted by Crippen LogP contribution is 2.41. The number of ether oxygens (including phenoxy) is 3. The van der Waals surface area contributed by atoms with Crippen molar-refractivity contribution >= 4 is 0 Å². The van der Waals surface area contributed by atoms with Crippen molar-refractivity contribution in [1.82, 2.24) is 4.90 Å². The number of rotatable bonds is 7. The van der Waals surface area contributed by atoms with Crippen molar-refractivity contribution in [2.75, 3.05) is 33.4 Å². The van der Waals surface area contributed by atoms with E-state index in [1.165, 1.54) is 5.56 Å². The van der Waals surface area contributed by atoms with Crippen molar-refractivity contribution in [2.45, 2.75) is 50.7 Å². The molecule has 0 atom stereocenters. The molecule has 2 heterocycles. The molecule has 0 amide bonds. The topological polar surface area (TPSA) is 51.2 Å². The number of fused-ring (bicyclic) bond motifs is 1. The molecule has 1 saturated heterocycles. The number of piperidine rings is 1. The lowest BCUT2D eigenvalue weighted by atomic mass is 9.84. The first-order valence-corrected chi connectivity index (χ1v) is 10.9. The largest absolute Gasteiger partial charge is 0.497 e. The molecule has 1 N–H and O–H groups in total. The molecule has 0 unspecified atom stereocenters. The Kier molecular flexibility index (Phi) is 5.94. The molecule has 0 spiro atoms. The first-order chi connectivity index (χ1) is 14.4. The summed E-state index contributed by atoms with van der Waals surface area (Å²) in [5.41, 5.74) is 1.31. The average Bonchev–Trinajstić information content (AvgIpc) is 3.07. The fraction of sp³-hybridized carbons (Fsp3) is 0.520. The number of methoxy groups -OCH3 is 1. The number of hydrogen-bond acceptors (Lipinski definition) is 5. The van der Waals surface area contributed by atoms with Gasteiger partial charge in [-0.2, -0.15) is 0 Å². The van der Waals surface area contributed by atoms with E-state index in [9.17, 15) is 5.11 Å². The highest BCUT2D eigenvalue weighted by atomic mass is 16.5. The van der Waals surface area contributed by atoms with Crippen LogP contribution >= 0.6 is 0 Å². The van der Waals surface area contributed by atoms with Gasteiger partial charge in [-0.25, -0.2) is 0 Å². The zero-order valence-electron chi connectivity index (χ0n) is 18.3. The second-order valence-corrected chi connectivity index (χ2v) is 9.09. The van der Waals surface area contributed by atoms with Gasteiger partial charge in [0.1, 0.15) is 11.4 Å². The highest BCUT2D eigenvalue weighted by molar-refractivity contribution is 5.50. The van der Waals surface area contributed by atoms with Crippen LogP contribution in [-0.4, -0.2) is 49.0 Å². The molecule has 0 radical (unpaired) electrons. The van der Waals surface area contributed by atoms with Gasteiger partial charge in [-0.15, -0.1) is 0 Å². The van der Waals surface area contributed by atoms with E-state index >= 15 is 0 Å². The van der Waals surface area contributed by atoms with Crippen molar-refractivity contribution in [2.24, 2.45) is 0 Å². The molecule has 2 aromatic carbocycles. The summed E-state index contributed by atoms with van der Waals surface area (Å²) in [5.74, 6) is 2.58. The molecular formula is C25H33NO4. The normalized spacial score (nSPS) is 19.7. The van der Waals surface area contributed by atoms with Crippen LogP contribution in [0.4, 0.5) is 0 Å². The Labute approximate surface area is 179 Å². The van der Waals surface area contributed by atoms with Crippen molar-refractivity contribution in [3.05, 3.63) is 53.6 Å². The molecule has 2 aliphatic heterocycles. The number of hydrogen-bond donors (Lipinski definition) is 1. The second-order valence-electron chi connectivity index (χ2n) is 9.09. The first-order valence-electron chi connectivity index (χ1n) is 10.9. The van der Waals surface area contributed by atoms with Crippen molar-refractivity contribution in [3.63, 3.8) is 0 Å². The minimum Gasteiger partial charge on any atom is -0.497 e. The lowest BCUT2D eigenvalue weighted by Crippen LogP contribution is -2.43. The predicted molar refractivity (Wildman–Crippen MR) is 118 cm³/mol. The monoisotopic (exact) mass is 411 g/mol. The molecule has 5 heteroatoms. The fourth-order valence-corrected chi connectivity index (χ4v) is 4.51. The summed E-state index contributed by atoms with van der Waals surface area (Å²) in [4.78, 5) is 2.41. The van der Waals surface area contributed by atoms with E-state index in [2.05, 4.69) is 24.8 Å². The zero-order valence-corrected chi connectivity index (χ0v) is 18.3. The van der Waals surface area contributed by atoms with Crippen LogP contribution in [0.3, 0.4) is 0 Å². The summed E-state index contributed by atoms with van der Waals surface area (Å²) in [7, 11) is 1.66. The maximum absolute atomic E-state index is 11.1. The third-order valence-corrected chi connectivity index (χ3v) is 6.24. The van der Waals surface area contributed by atoms with Gasteiger partial charge in [0.25, 0.3) is 0 Å². The molecule has 1 fully saturated rings. The molecule has 2 aromatic rings. The molecule has 162 valence electrons. The average molecular weight is 412 g/mol. The van der Waals surface area contributed by atoms with E-state index in [1.807, 2.05) is 36.4 Å². The molecule has 30 heavy (non-hydrogen) atoms. The van der Waals surface area contributed by atoms with Gasteiger partial charge in [-0.3, -0.25) is 0 Å². The van der Waals surface area contributed by atoms with E-state index in [1.54, 1.807) is 7.11 Å². The number of para-hydroxylation sites is 1. The fourth-order valence-electron chi connectivity index (χ4n) is 4.51. The summed E-state index contributed by atoms with van der Waals surface area (Å²) in [6.45, 7) is 7.64. The van der Waals surface area contributed by atoms with Crippen molar-refractivity contribution in [1.29, 1.82) is 0 Å². The predicted octanol–water partition coefficient (Wildman–Crippen LogP) is 4.16.